The number of hydrogen-bond donors (Lipinski definition) is 3. The van der Waals surface area contributed by atoms with E-state index in [1.54, 1.807) is 30.3 Å². The van der Waals surface area contributed by atoms with Crippen molar-refractivity contribution in [2.45, 2.75) is 6.61 Å². The number of fused-ring (bicyclic) bond motifs is 1. The molecule has 0 aliphatic carbocycles. The molecule has 3 rings (SSSR count). The first kappa shape index (κ1) is 12.7. The summed E-state index contributed by atoms with van der Waals surface area (Å²) in [7, 11) is 0. The predicted molar refractivity (Wildman–Crippen MR) is 77.0 cm³/mol. The molecule has 0 spiro atoms. The molecule has 7 heteroatoms. The minimum absolute atomic E-state index is 0.121. The Morgan fingerprint density at radius 2 is 2.15 bits per heavy atom. The fourth-order valence-corrected chi connectivity index (χ4v) is 2.41. The summed E-state index contributed by atoms with van der Waals surface area (Å²) in [6.45, 7) is -0.310. The minimum Gasteiger partial charge on any atom is -0.390 e. The first-order valence-corrected chi connectivity index (χ1v) is 6.25. The number of hydrogen-bond acceptors (Lipinski definition) is 4. The molecule has 2 heterocycles. The van der Waals surface area contributed by atoms with Gasteiger partial charge in [0.2, 0.25) is 0 Å². The number of H-pyrrole nitrogens is 1. The Hall–Kier alpha value is -2.31. The fourth-order valence-electron chi connectivity index (χ4n) is 2.19. The van der Waals surface area contributed by atoms with Crippen LogP contribution in [0.5, 0.6) is 0 Å². The number of nitrogens with zero attached hydrogens (tertiary/aromatic N) is 2. The van der Waals surface area contributed by atoms with E-state index in [9.17, 15) is 9.90 Å². The van der Waals surface area contributed by atoms with E-state index in [0.717, 1.165) is 0 Å². The molecule has 0 saturated carbocycles. The van der Waals surface area contributed by atoms with Crippen molar-refractivity contribution in [1.29, 1.82) is 0 Å². The van der Waals surface area contributed by atoms with Crippen LogP contribution in [0.4, 0.5) is 5.82 Å². The summed E-state index contributed by atoms with van der Waals surface area (Å²) in [6.07, 6.45) is 0. The Labute approximate surface area is 118 Å². The highest BCUT2D eigenvalue weighted by Gasteiger charge is 2.16. The number of aliphatic hydroxyl groups excluding tert-OH is 1. The maximum absolute atomic E-state index is 12.6. The standard InChI is InChI=1S/C13H11ClN4O2/c14-8-3-1-2-4-10(8)18-7(6-19)5-9-11(13(18)20)12(15)17-16-9/h1-5,19H,6H2,(H3,15,16,17). The smallest absolute Gasteiger partial charge is 0.268 e. The van der Waals surface area contributed by atoms with E-state index >= 15 is 0 Å². The van der Waals surface area contributed by atoms with Crippen LogP contribution < -0.4 is 11.3 Å². The van der Waals surface area contributed by atoms with Gasteiger partial charge < -0.3 is 10.8 Å². The maximum atomic E-state index is 12.6. The molecule has 0 amide bonds. The van der Waals surface area contributed by atoms with E-state index in [0.29, 0.717) is 21.9 Å². The normalized spacial score (nSPS) is 11.1. The Morgan fingerprint density at radius 1 is 1.40 bits per heavy atom. The highest BCUT2D eigenvalue weighted by atomic mass is 35.5. The van der Waals surface area contributed by atoms with E-state index < -0.39 is 0 Å². The van der Waals surface area contributed by atoms with Gasteiger partial charge in [-0.15, -0.1) is 0 Å². The number of nitrogens with one attached hydrogen (secondary N) is 1. The third-order valence-corrected chi connectivity index (χ3v) is 3.41. The number of aromatic nitrogens is 3. The van der Waals surface area contributed by atoms with Crippen LogP contribution in [-0.4, -0.2) is 19.9 Å². The topological polar surface area (TPSA) is 96.9 Å². The van der Waals surface area contributed by atoms with Gasteiger partial charge in [-0.2, -0.15) is 5.10 Å². The van der Waals surface area contributed by atoms with E-state index in [1.807, 2.05) is 0 Å². The number of benzene rings is 1. The van der Waals surface area contributed by atoms with Crippen LogP contribution in [0.2, 0.25) is 5.02 Å². The minimum atomic E-state index is -0.370. The van der Waals surface area contributed by atoms with E-state index in [4.69, 9.17) is 17.3 Å². The van der Waals surface area contributed by atoms with E-state index in [1.165, 1.54) is 4.57 Å². The Balaban J connectivity index is 2.46. The second-order valence-corrected chi connectivity index (χ2v) is 4.69. The fraction of sp³-hybridized carbons (Fsp3) is 0.0769. The summed E-state index contributed by atoms with van der Waals surface area (Å²) in [4.78, 5) is 12.6. The molecule has 0 aliphatic heterocycles. The van der Waals surface area contributed by atoms with Gasteiger partial charge in [-0.3, -0.25) is 14.5 Å². The monoisotopic (exact) mass is 290 g/mol. The lowest BCUT2D eigenvalue weighted by Crippen LogP contribution is -2.22. The van der Waals surface area contributed by atoms with Crippen molar-refractivity contribution in [3.8, 4) is 5.69 Å². The molecular formula is C13H11ClN4O2. The van der Waals surface area contributed by atoms with Crippen LogP contribution in [0.3, 0.4) is 0 Å². The lowest BCUT2D eigenvalue weighted by molar-refractivity contribution is 0.273. The molecule has 102 valence electrons. The molecule has 0 aliphatic rings. The SMILES string of the molecule is Nc1n[nH]c2cc(CO)n(-c3ccccc3Cl)c(=O)c12. The van der Waals surface area contributed by atoms with Crippen molar-refractivity contribution in [2.75, 3.05) is 5.73 Å². The molecule has 3 aromatic rings. The van der Waals surface area contributed by atoms with Crippen LogP contribution in [0.25, 0.3) is 16.6 Å². The van der Waals surface area contributed by atoms with Gasteiger partial charge in [-0.1, -0.05) is 23.7 Å². The first-order valence-electron chi connectivity index (χ1n) is 5.87. The van der Waals surface area contributed by atoms with Gasteiger partial charge in [0.05, 0.1) is 28.5 Å². The molecule has 0 radical (unpaired) electrons. The highest BCUT2D eigenvalue weighted by Crippen LogP contribution is 2.23. The molecule has 0 unspecified atom stereocenters. The van der Waals surface area contributed by atoms with Crippen LogP contribution >= 0.6 is 11.6 Å². The van der Waals surface area contributed by atoms with Gasteiger partial charge in [-0.25, -0.2) is 0 Å². The highest BCUT2D eigenvalue weighted by molar-refractivity contribution is 6.32. The van der Waals surface area contributed by atoms with Crippen molar-refractivity contribution in [2.24, 2.45) is 0 Å². The zero-order valence-corrected chi connectivity index (χ0v) is 11.1. The van der Waals surface area contributed by atoms with Gasteiger partial charge in [0.1, 0.15) is 5.39 Å². The van der Waals surface area contributed by atoms with Crippen molar-refractivity contribution in [1.82, 2.24) is 14.8 Å². The van der Waals surface area contributed by atoms with Gasteiger partial charge in [-0.05, 0) is 18.2 Å². The molecule has 20 heavy (non-hydrogen) atoms. The number of anilines is 1. The van der Waals surface area contributed by atoms with Crippen LogP contribution in [-0.2, 0) is 6.61 Å². The summed E-state index contributed by atoms with van der Waals surface area (Å²) in [5.74, 6) is 0.121. The first-order chi connectivity index (χ1) is 9.63. The average molecular weight is 291 g/mol. The molecule has 1 aromatic carbocycles. The third-order valence-electron chi connectivity index (χ3n) is 3.09. The second-order valence-electron chi connectivity index (χ2n) is 4.28. The molecular weight excluding hydrogens is 280 g/mol. The summed E-state index contributed by atoms with van der Waals surface area (Å²) in [6, 6.07) is 8.53. The molecule has 0 atom stereocenters. The Bertz CT molecular complexity index is 853. The van der Waals surface area contributed by atoms with E-state index in [2.05, 4.69) is 10.2 Å². The number of aromatic amines is 1. The van der Waals surface area contributed by atoms with Crippen molar-refractivity contribution < 1.29 is 5.11 Å². The number of nitrogens with two attached hydrogens (primary N) is 1. The molecule has 0 fully saturated rings. The molecule has 2 aromatic heterocycles. The summed E-state index contributed by atoms with van der Waals surface area (Å²) >= 11 is 6.13. The lowest BCUT2D eigenvalue weighted by atomic mass is 10.2. The quantitative estimate of drug-likeness (QED) is 0.665. The van der Waals surface area contributed by atoms with Gasteiger partial charge in [0.15, 0.2) is 5.82 Å². The number of para-hydroxylation sites is 1. The molecule has 0 bridgehead atoms. The van der Waals surface area contributed by atoms with E-state index in [-0.39, 0.29) is 23.4 Å². The maximum Gasteiger partial charge on any atom is 0.268 e. The predicted octanol–water partition coefficient (Wildman–Crippen LogP) is 1.44. The molecule has 4 N–H and O–H groups in total. The molecule has 6 nitrogen and oxygen atoms in total. The van der Waals surface area contributed by atoms with Crippen LogP contribution in [0, 0.1) is 0 Å². The summed E-state index contributed by atoms with van der Waals surface area (Å²) < 4.78 is 1.34. The second kappa shape index (κ2) is 4.66. The van der Waals surface area contributed by atoms with Crippen LogP contribution in [0.15, 0.2) is 35.1 Å². The lowest BCUT2D eigenvalue weighted by Gasteiger charge is -2.13. The van der Waals surface area contributed by atoms with Gasteiger partial charge >= 0.3 is 0 Å². The Kier molecular flexibility index (Phi) is 2.96. The largest absolute Gasteiger partial charge is 0.390 e. The Morgan fingerprint density at radius 3 is 2.85 bits per heavy atom. The van der Waals surface area contributed by atoms with Crippen molar-refractivity contribution in [3.63, 3.8) is 0 Å². The van der Waals surface area contributed by atoms with Crippen molar-refractivity contribution >= 4 is 28.3 Å². The number of pyridine rings is 1. The van der Waals surface area contributed by atoms with Gasteiger partial charge in [0.25, 0.3) is 5.56 Å². The van der Waals surface area contributed by atoms with Crippen LogP contribution in [0.1, 0.15) is 5.69 Å². The number of aliphatic hydroxyl groups is 1. The summed E-state index contributed by atoms with van der Waals surface area (Å²) in [5, 5.41) is 16.7. The zero-order chi connectivity index (χ0) is 14.3. The summed E-state index contributed by atoms with van der Waals surface area (Å²) in [5.41, 5.74) is 6.71. The van der Waals surface area contributed by atoms with Crippen molar-refractivity contribution in [3.05, 3.63) is 51.4 Å². The average Bonchev–Trinajstić information content (AvgIpc) is 2.81. The third kappa shape index (κ3) is 1.77. The van der Waals surface area contributed by atoms with Gasteiger partial charge in [0, 0.05) is 0 Å². The number of nitrogen functional groups attached to an aromatic ring is 1. The number of halogens is 1. The zero-order valence-electron chi connectivity index (χ0n) is 10.3. The number of rotatable bonds is 2. The molecule has 0 saturated heterocycles.